The highest BCUT2D eigenvalue weighted by Gasteiger charge is 2.03. The normalized spacial score (nSPS) is 9.81. The highest BCUT2D eigenvalue weighted by Crippen LogP contribution is 2.15. The molecule has 82 valence electrons. The second kappa shape index (κ2) is 4.72. The number of halogens is 1. The molecule has 0 aliphatic rings. The Balaban J connectivity index is 1.97. The van der Waals surface area contributed by atoms with Crippen molar-refractivity contribution in [2.45, 2.75) is 0 Å². The van der Waals surface area contributed by atoms with Crippen molar-refractivity contribution >= 4 is 29.2 Å². The number of carbonyl (C=O) groups excluding carboxylic acids is 1. The Morgan fingerprint density at radius 1 is 1.19 bits per heavy atom. The molecule has 5 heteroatoms. The molecule has 0 saturated carbocycles. The van der Waals surface area contributed by atoms with Crippen LogP contribution in [-0.2, 0) is 0 Å². The molecule has 1 heterocycles. The van der Waals surface area contributed by atoms with Gasteiger partial charge in [0.15, 0.2) is 0 Å². The molecule has 2 rings (SSSR count). The first-order valence-electron chi connectivity index (χ1n) is 4.61. The SMILES string of the molecule is O=C(Nc1cccc(Cl)c1)Nc1ccco1. The summed E-state index contributed by atoms with van der Waals surface area (Å²) in [6, 6.07) is 9.85. The van der Waals surface area contributed by atoms with E-state index in [1.165, 1.54) is 6.26 Å². The van der Waals surface area contributed by atoms with Crippen LogP contribution >= 0.6 is 11.6 Å². The molecule has 1 aromatic carbocycles. The predicted molar refractivity (Wildman–Crippen MR) is 62.8 cm³/mol. The molecule has 2 aromatic rings. The van der Waals surface area contributed by atoms with Crippen LogP contribution in [0, 0.1) is 0 Å². The average Bonchev–Trinajstić information content (AvgIpc) is 2.70. The molecule has 0 atom stereocenters. The van der Waals surface area contributed by atoms with E-state index in [1.807, 2.05) is 0 Å². The Morgan fingerprint density at radius 3 is 2.75 bits per heavy atom. The Morgan fingerprint density at radius 2 is 2.06 bits per heavy atom. The number of benzene rings is 1. The lowest BCUT2D eigenvalue weighted by Crippen LogP contribution is -2.18. The van der Waals surface area contributed by atoms with Gasteiger partial charge in [0, 0.05) is 16.8 Å². The zero-order valence-electron chi connectivity index (χ0n) is 8.24. The van der Waals surface area contributed by atoms with Gasteiger partial charge >= 0.3 is 6.03 Å². The quantitative estimate of drug-likeness (QED) is 0.837. The van der Waals surface area contributed by atoms with Crippen LogP contribution in [0.4, 0.5) is 16.4 Å². The van der Waals surface area contributed by atoms with Gasteiger partial charge in [-0.3, -0.25) is 5.32 Å². The number of amides is 2. The summed E-state index contributed by atoms with van der Waals surface area (Å²) in [5.41, 5.74) is 0.622. The van der Waals surface area contributed by atoms with Crippen LogP contribution < -0.4 is 10.6 Å². The fraction of sp³-hybridized carbons (Fsp3) is 0. The second-order valence-electron chi connectivity index (χ2n) is 3.07. The minimum absolute atomic E-state index is 0.378. The number of hydrogen-bond donors (Lipinski definition) is 2. The molecule has 0 bridgehead atoms. The number of urea groups is 1. The van der Waals surface area contributed by atoms with Gasteiger partial charge in [-0.05, 0) is 24.3 Å². The minimum Gasteiger partial charge on any atom is -0.449 e. The fourth-order valence-corrected chi connectivity index (χ4v) is 1.38. The molecule has 0 fully saturated rings. The summed E-state index contributed by atoms with van der Waals surface area (Å²) < 4.78 is 4.97. The van der Waals surface area contributed by atoms with Gasteiger partial charge in [-0.1, -0.05) is 17.7 Å². The van der Waals surface area contributed by atoms with Crippen LogP contribution in [0.1, 0.15) is 0 Å². The lowest BCUT2D eigenvalue weighted by Gasteiger charge is -2.05. The van der Waals surface area contributed by atoms with Crippen molar-refractivity contribution in [3.8, 4) is 0 Å². The molecular formula is C11H9ClN2O2. The lowest BCUT2D eigenvalue weighted by molar-refractivity contribution is 0.261. The first-order chi connectivity index (χ1) is 7.74. The zero-order chi connectivity index (χ0) is 11.4. The maximum atomic E-state index is 11.5. The van der Waals surface area contributed by atoms with Gasteiger partial charge in [-0.15, -0.1) is 0 Å². The molecule has 1 aromatic heterocycles. The standard InChI is InChI=1S/C11H9ClN2O2/c12-8-3-1-4-9(7-8)13-11(15)14-10-5-2-6-16-10/h1-7H,(H2,13,14,15). The van der Waals surface area contributed by atoms with E-state index in [0.29, 0.717) is 16.6 Å². The first-order valence-corrected chi connectivity index (χ1v) is 4.99. The molecule has 16 heavy (non-hydrogen) atoms. The first kappa shape index (κ1) is 10.6. The van der Waals surface area contributed by atoms with Gasteiger partial charge in [0.1, 0.15) is 0 Å². The van der Waals surface area contributed by atoms with E-state index in [0.717, 1.165) is 0 Å². The number of anilines is 2. The predicted octanol–water partition coefficient (Wildman–Crippen LogP) is 3.58. The maximum absolute atomic E-state index is 11.5. The molecule has 0 unspecified atom stereocenters. The third kappa shape index (κ3) is 2.77. The average molecular weight is 237 g/mol. The summed E-state index contributed by atoms with van der Waals surface area (Å²) >= 11 is 5.78. The van der Waals surface area contributed by atoms with Gasteiger partial charge in [0.2, 0.25) is 5.88 Å². The lowest BCUT2D eigenvalue weighted by atomic mass is 10.3. The highest BCUT2D eigenvalue weighted by molar-refractivity contribution is 6.30. The summed E-state index contributed by atoms with van der Waals surface area (Å²) in [5.74, 6) is 0.388. The Bertz CT molecular complexity index is 482. The smallest absolute Gasteiger partial charge is 0.326 e. The van der Waals surface area contributed by atoms with Gasteiger partial charge in [-0.2, -0.15) is 0 Å². The van der Waals surface area contributed by atoms with Crippen molar-refractivity contribution in [1.29, 1.82) is 0 Å². The molecule has 4 nitrogen and oxygen atoms in total. The van der Waals surface area contributed by atoms with E-state index < -0.39 is 0 Å². The number of carbonyl (C=O) groups is 1. The largest absolute Gasteiger partial charge is 0.449 e. The van der Waals surface area contributed by atoms with Gasteiger partial charge in [0.25, 0.3) is 0 Å². The van der Waals surface area contributed by atoms with Crippen molar-refractivity contribution < 1.29 is 9.21 Å². The molecular weight excluding hydrogens is 228 g/mol. The molecule has 0 saturated heterocycles. The monoisotopic (exact) mass is 236 g/mol. The second-order valence-corrected chi connectivity index (χ2v) is 3.50. The van der Waals surface area contributed by atoms with Crippen molar-refractivity contribution in [2.24, 2.45) is 0 Å². The number of furan rings is 1. The fourth-order valence-electron chi connectivity index (χ4n) is 1.19. The summed E-state index contributed by atoms with van der Waals surface area (Å²) in [4.78, 5) is 11.5. The van der Waals surface area contributed by atoms with Crippen molar-refractivity contribution in [3.63, 3.8) is 0 Å². The van der Waals surface area contributed by atoms with E-state index in [9.17, 15) is 4.79 Å². The van der Waals surface area contributed by atoms with Crippen LogP contribution in [0.25, 0.3) is 0 Å². The van der Waals surface area contributed by atoms with Crippen LogP contribution in [-0.4, -0.2) is 6.03 Å². The van der Waals surface area contributed by atoms with E-state index in [4.69, 9.17) is 16.0 Å². The minimum atomic E-state index is -0.378. The van der Waals surface area contributed by atoms with Gasteiger partial charge < -0.3 is 9.73 Å². The summed E-state index contributed by atoms with van der Waals surface area (Å²) in [5, 5.41) is 5.72. The molecule has 0 radical (unpaired) electrons. The van der Waals surface area contributed by atoms with Gasteiger partial charge in [0.05, 0.1) is 6.26 Å². The Hall–Kier alpha value is -1.94. The third-order valence-electron chi connectivity index (χ3n) is 1.84. The maximum Gasteiger partial charge on any atom is 0.326 e. The van der Waals surface area contributed by atoms with Crippen molar-refractivity contribution in [1.82, 2.24) is 0 Å². The van der Waals surface area contributed by atoms with Crippen LogP contribution in [0.5, 0.6) is 0 Å². The summed E-state index contributed by atoms with van der Waals surface area (Å²) in [6.07, 6.45) is 1.48. The van der Waals surface area contributed by atoms with Crippen molar-refractivity contribution in [3.05, 3.63) is 47.7 Å². The molecule has 0 spiro atoms. The van der Waals surface area contributed by atoms with E-state index in [1.54, 1.807) is 36.4 Å². The Kier molecular flexibility index (Phi) is 3.12. The molecule has 2 amide bonds. The number of nitrogens with one attached hydrogen (secondary N) is 2. The molecule has 2 N–H and O–H groups in total. The summed E-state index contributed by atoms with van der Waals surface area (Å²) in [6.45, 7) is 0. The van der Waals surface area contributed by atoms with E-state index in [-0.39, 0.29) is 6.03 Å². The van der Waals surface area contributed by atoms with Crippen molar-refractivity contribution in [2.75, 3.05) is 10.6 Å². The topological polar surface area (TPSA) is 54.3 Å². The number of rotatable bonds is 2. The van der Waals surface area contributed by atoms with E-state index >= 15 is 0 Å². The molecule has 0 aliphatic heterocycles. The Labute approximate surface area is 97.2 Å². The highest BCUT2D eigenvalue weighted by atomic mass is 35.5. The number of hydrogen-bond acceptors (Lipinski definition) is 2. The van der Waals surface area contributed by atoms with Crippen LogP contribution in [0.3, 0.4) is 0 Å². The third-order valence-corrected chi connectivity index (χ3v) is 2.08. The molecule has 0 aliphatic carbocycles. The van der Waals surface area contributed by atoms with Gasteiger partial charge in [-0.25, -0.2) is 4.79 Å². The van der Waals surface area contributed by atoms with Crippen LogP contribution in [0.2, 0.25) is 5.02 Å². The zero-order valence-corrected chi connectivity index (χ0v) is 8.99. The van der Waals surface area contributed by atoms with Crippen LogP contribution in [0.15, 0.2) is 47.1 Å². The summed E-state index contributed by atoms with van der Waals surface area (Å²) in [7, 11) is 0. The van der Waals surface area contributed by atoms with E-state index in [2.05, 4.69) is 10.6 Å².